The van der Waals surface area contributed by atoms with Gasteiger partial charge < -0.3 is 15.4 Å². The fourth-order valence-corrected chi connectivity index (χ4v) is 2.92. The summed E-state index contributed by atoms with van der Waals surface area (Å²) in [6.45, 7) is 2.63. The van der Waals surface area contributed by atoms with E-state index in [1.807, 2.05) is 0 Å². The molecule has 2 atom stereocenters. The van der Waals surface area contributed by atoms with Gasteiger partial charge in [-0.3, -0.25) is 19.7 Å². The van der Waals surface area contributed by atoms with Crippen molar-refractivity contribution in [2.75, 3.05) is 5.32 Å². The number of anilines is 1. The summed E-state index contributed by atoms with van der Waals surface area (Å²) in [5.74, 6) is -2.33. The molecule has 0 spiro atoms. The second-order valence-electron chi connectivity index (χ2n) is 6.64. The van der Waals surface area contributed by atoms with Crippen LogP contribution < -0.4 is 15.8 Å². The van der Waals surface area contributed by atoms with Crippen molar-refractivity contribution in [3.05, 3.63) is 64.2 Å². The first-order chi connectivity index (χ1) is 14.9. The molecule has 32 heavy (non-hydrogen) atoms. The maximum absolute atomic E-state index is 12.2. The fraction of sp³-hybridized carbons (Fsp3) is 0.211. The molecule has 1 unspecified atom stereocenters. The van der Waals surface area contributed by atoms with Crippen LogP contribution in [-0.4, -0.2) is 43.3 Å². The molecule has 0 aliphatic carbocycles. The Morgan fingerprint density at radius 3 is 2.28 bits per heavy atom. The van der Waals surface area contributed by atoms with E-state index in [-0.39, 0.29) is 21.8 Å². The number of non-ortho nitro benzene ring substituents is 1. The van der Waals surface area contributed by atoms with E-state index in [0.717, 1.165) is 6.07 Å². The van der Waals surface area contributed by atoms with Crippen molar-refractivity contribution in [3.63, 3.8) is 0 Å². The third kappa shape index (κ3) is 6.58. The summed E-state index contributed by atoms with van der Waals surface area (Å²) in [7, 11) is -3.88. The predicted octanol–water partition coefficient (Wildman–Crippen LogP) is 0.931. The summed E-state index contributed by atoms with van der Waals surface area (Å²) in [5.41, 5.74) is -0.0554. The smallest absolute Gasteiger partial charge is 0.329 e. The minimum Gasteiger partial charge on any atom is -0.451 e. The van der Waals surface area contributed by atoms with Gasteiger partial charge in [-0.25, -0.2) is 18.4 Å². The Morgan fingerprint density at radius 1 is 1.09 bits per heavy atom. The van der Waals surface area contributed by atoms with Crippen molar-refractivity contribution < 1.29 is 32.5 Å². The number of hydrogen-bond donors (Lipinski definition) is 3. The number of esters is 1. The second-order valence-corrected chi connectivity index (χ2v) is 8.20. The van der Waals surface area contributed by atoms with E-state index in [2.05, 4.69) is 10.6 Å². The van der Waals surface area contributed by atoms with Gasteiger partial charge in [0.25, 0.3) is 17.5 Å². The number of carbonyl (C=O) groups is 3. The van der Waals surface area contributed by atoms with Crippen molar-refractivity contribution in [1.29, 1.82) is 0 Å². The molecule has 0 heterocycles. The third-order valence-corrected chi connectivity index (χ3v) is 5.06. The first-order valence-electron chi connectivity index (χ1n) is 9.08. The number of nitrogens with zero attached hydrogens (tertiary/aromatic N) is 1. The van der Waals surface area contributed by atoms with Gasteiger partial charge in [0, 0.05) is 23.4 Å². The Morgan fingerprint density at radius 2 is 1.72 bits per heavy atom. The lowest BCUT2D eigenvalue weighted by Crippen LogP contribution is -2.42. The summed E-state index contributed by atoms with van der Waals surface area (Å²) in [6, 6.07) is 8.84. The zero-order valence-electron chi connectivity index (χ0n) is 17.0. The molecule has 4 N–H and O–H groups in total. The number of rotatable bonds is 8. The van der Waals surface area contributed by atoms with Crippen molar-refractivity contribution in [2.45, 2.75) is 30.9 Å². The van der Waals surface area contributed by atoms with Crippen LogP contribution in [0.15, 0.2) is 53.4 Å². The zero-order valence-corrected chi connectivity index (χ0v) is 17.8. The molecule has 0 aliphatic heterocycles. The van der Waals surface area contributed by atoms with Crippen LogP contribution >= 0.6 is 0 Å². The number of nitrogens with one attached hydrogen (secondary N) is 2. The average molecular weight is 464 g/mol. The molecule has 170 valence electrons. The quantitative estimate of drug-likeness (QED) is 0.292. The molecular formula is C19H20N4O8S. The van der Waals surface area contributed by atoms with Gasteiger partial charge in [0.1, 0.15) is 6.04 Å². The van der Waals surface area contributed by atoms with Crippen molar-refractivity contribution >= 4 is 39.2 Å². The Labute approximate surface area is 182 Å². The van der Waals surface area contributed by atoms with E-state index >= 15 is 0 Å². The minimum absolute atomic E-state index is 0.0208. The summed E-state index contributed by atoms with van der Waals surface area (Å²) in [4.78, 5) is 46.7. The number of hydrogen-bond acceptors (Lipinski definition) is 8. The highest BCUT2D eigenvalue weighted by Gasteiger charge is 2.24. The van der Waals surface area contributed by atoms with Crippen LogP contribution in [0.2, 0.25) is 0 Å². The van der Waals surface area contributed by atoms with Gasteiger partial charge in [0.2, 0.25) is 10.0 Å². The largest absolute Gasteiger partial charge is 0.451 e. The predicted molar refractivity (Wildman–Crippen MR) is 112 cm³/mol. The van der Waals surface area contributed by atoms with Crippen molar-refractivity contribution in [3.8, 4) is 0 Å². The molecule has 0 radical (unpaired) electrons. The van der Waals surface area contributed by atoms with Crippen LogP contribution in [0.25, 0.3) is 0 Å². The van der Waals surface area contributed by atoms with E-state index in [1.54, 1.807) is 0 Å². The van der Waals surface area contributed by atoms with Crippen LogP contribution in [0.5, 0.6) is 0 Å². The standard InChI is InChI=1S/C19H20N4O8S/c1-11(21-18(25)13-4-3-5-15(10-13)23(27)28)19(26)31-12(2)17(24)22-14-6-8-16(9-7-14)32(20,29)30/h3-12H,1-2H3,(H,21,25)(H,22,24)(H2,20,29,30)/t11-,12?/m0/s1. The molecule has 0 saturated heterocycles. The van der Waals surface area contributed by atoms with Gasteiger partial charge in [0.15, 0.2) is 6.10 Å². The monoisotopic (exact) mass is 464 g/mol. The molecule has 0 bridgehead atoms. The molecule has 0 saturated carbocycles. The Balaban J connectivity index is 1.93. The number of amides is 2. The van der Waals surface area contributed by atoms with Gasteiger partial charge in [-0.05, 0) is 44.2 Å². The Hall–Kier alpha value is -3.84. The first kappa shape index (κ1) is 24.4. The fourth-order valence-electron chi connectivity index (χ4n) is 2.40. The molecule has 2 aromatic rings. The van der Waals surface area contributed by atoms with Crippen LogP contribution in [0, 0.1) is 10.1 Å². The first-order valence-corrected chi connectivity index (χ1v) is 10.6. The summed E-state index contributed by atoms with van der Waals surface area (Å²) < 4.78 is 27.5. The van der Waals surface area contributed by atoms with Gasteiger partial charge >= 0.3 is 5.97 Å². The maximum Gasteiger partial charge on any atom is 0.329 e. The normalized spacial score (nSPS) is 12.8. The van der Waals surface area contributed by atoms with Gasteiger partial charge in [-0.15, -0.1) is 0 Å². The molecule has 13 heteroatoms. The minimum atomic E-state index is -3.88. The SMILES string of the molecule is CC(OC(=O)[C@H](C)NC(=O)c1cccc([N+](=O)[O-])c1)C(=O)Nc1ccc(S(N)(=O)=O)cc1. The highest BCUT2D eigenvalue weighted by Crippen LogP contribution is 2.14. The van der Waals surface area contributed by atoms with Crippen molar-refractivity contribution in [2.24, 2.45) is 5.14 Å². The lowest BCUT2D eigenvalue weighted by Gasteiger charge is -2.17. The molecule has 0 aliphatic rings. The summed E-state index contributed by atoms with van der Waals surface area (Å²) >= 11 is 0. The third-order valence-electron chi connectivity index (χ3n) is 4.13. The van der Waals surface area contributed by atoms with Gasteiger partial charge in [-0.1, -0.05) is 6.07 Å². The molecule has 12 nitrogen and oxygen atoms in total. The van der Waals surface area contributed by atoms with Crippen LogP contribution in [0.3, 0.4) is 0 Å². The molecule has 0 fully saturated rings. The van der Waals surface area contributed by atoms with Gasteiger partial charge in [-0.2, -0.15) is 0 Å². The number of nitrogens with two attached hydrogens (primary N) is 1. The van der Waals surface area contributed by atoms with Crippen LogP contribution in [0.4, 0.5) is 11.4 Å². The lowest BCUT2D eigenvalue weighted by atomic mass is 10.2. The molecule has 2 amide bonds. The zero-order chi connectivity index (χ0) is 24.1. The number of sulfonamides is 1. The lowest BCUT2D eigenvalue weighted by molar-refractivity contribution is -0.384. The van der Waals surface area contributed by atoms with E-state index in [1.165, 1.54) is 56.3 Å². The Bertz CT molecular complexity index is 1150. The molecule has 2 aromatic carbocycles. The van der Waals surface area contributed by atoms with Gasteiger partial charge in [0.05, 0.1) is 9.82 Å². The topological polar surface area (TPSA) is 188 Å². The maximum atomic E-state index is 12.2. The van der Waals surface area contributed by atoms with E-state index in [0.29, 0.717) is 0 Å². The second kappa shape index (κ2) is 9.98. The number of primary sulfonamides is 1. The molecule has 0 aromatic heterocycles. The Kier molecular flexibility index (Phi) is 7.62. The molecular weight excluding hydrogens is 444 g/mol. The van der Waals surface area contributed by atoms with Crippen molar-refractivity contribution in [1.82, 2.24) is 5.32 Å². The number of nitro groups is 1. The summed E-state index contributed by atoms with van der Waals surface area (Å²) in [5, 5.41) is 20.6. The molecule has 2 rings (SSSR count). The van der Waals surface area contributed by atoms with E-state index < -0.39 is 44.9 Å². The number of nitro benzene ring substituents is 1. The van der Waals surface area contributed by atoms with E-state index in [9.17, 15) is 32.9 Å². The highest BCUT2D eigenvalue weighted by molar-refractivity contribution is 7.89. The number of ether oxygens (including phenoxy) is 1. The van der Waals surface area contributed by atoms with Crippen LogP contribution in [-0.2, 0) is 24.3 Å². The van der Waals surface area contributed by atoms with E-state index in [4.69, 9.17) is 9.88 Å². The number of benzene rings is 2. The summed E-state index contributed by atoms with van der Waals surface area (Å²) in [6.07, 6.45) is -1.24. The average Bonchev–Trinajstić information content (AvgIpc) is 2.73. The van der Waals surface area contributed by atoms with Crippen LogP contribution in [0.1, 0.15) is 24.2 Å². The number of carbonyl (C=O) groups excluding carboxylic acids is 3. The highest BCUT2D eigenvalue weighted by atomic mass is 32.2.